The number of nitrogens with zero attached hydrogens (tertiary/aromatic N) is 3. The number of hydrogen-bond acceptors (Lipinski definition) is 4. The fourth-order valence-electron chi connectivity index (χ4n) is 4.10. The third-order valence-corrected chi connectivity index (χ3v) is 5.76. The molecular formula is C23H30N4O2. The van der Waals surface area contributed by atoms with Crippen LogP contribution in [0, 0.1) is 13.8 Å². The molecule has 2 saturated heterocycles. The van der Waals surface area contributed by atoms with E-state index in [0.29, 0.717) is 13.1 Å². The smallest absolute Gasteiger partial charge is 0.321 e. The Morgan fingerprint density at radius 3 is 2.10 bits per heavy atom. The molecule has 154 valence electrons. The van der Waals surface area contributed by atoms with E-state index in [4.69, 9.17) is 4.74 Å². The molecule has 0 bridgehead atoms. The molecule has 2 heterocycles. The van der Waals surface area contributed by atoms with Crippen molar-refractivity contribution in [3.63, 3.8) is 0 Å². The van der Waals surface area contributed by atoms with E-state index in [2.05, 4.69) is 52.4 Å². The molecule has 2 aliphatic heterocycles. The average molecular weight is 395 g/mol. The first-order valence-electron chi connectivity index (χ1n) is 10.4. The van der Waals surface area contributed by atoms with Crippen LogP contribution in [-0.4, -0.2) is 63.4 Å². The van der Waals surface area contributed by atoms with E-state index in [0.717, 1.165) is 50.6 Å². The van der Waals surface area contributed by atoms with E-state index in [1.807, 2.05) is 24.0 Å². The van der Waals surface area contributed by atoms with Crippen molar-refractivity contribution in [2.45, 2.75) is 13.8 Å². The zero-order chi connectivity index (χ0) is 20.2. The van der Waals surface area contributed by atoms with E-state index < -0.39 is 0 Å². The zero-order valence-electron chi connectivity index (χ0n) is 17.4. The summed E-state index contributed by atoms with van der Waals surface area (Å²) in [4.78, 5) is 19.4. The van der Waals surface area contributed by atoms with Crippen LogP contribution in [0.3, 0.4) is 0 Å². The van der Waals surface area contributed by atoms with Crippen molar-refractivity contribution in [2.24, 2.45) is 0 Å². The number of nitrogens with one attached hydrogen (secondary N) is 1. The highest BCUT2D eigenvalue weighted by molar-refractivity contribution is 5.90. The Morgan fingerprint density at radius 1 is 0.862 bits per heavy atom. The molecule has 4 rings (SSSR count). The summed E-state index contributed by atoms with van der Waals surface area (Å²) in [7, 11) is 0. The van der Waals surface area contributed by atoms with Gasteiger partial charge in [-0.05, 0) is 37.6 Å². The van der Waals surface area contributed by atoms with Crippen LogP contribution in [0.5, 0.6) is 0 Å². The summed E-state index contributed by atoms with van der Waals surface area (Å²) in [6, 6.07) is 14.7. The Hall–Kier alpha value is -2.73. The third-order valence-electron chi connectivity index (χ3n) is 5.76. The molecule has 29 heavy (non-hydrogen) atoms. The van der Waals surface area contributed by atoms with Crippen LogP contribution in [0.1, 0.15) is 11.1 Å². The number of para-hydroxylation sites is 2. The minimum atomic E-state index is -0.0157. The number of morpholine rings is 1. The van der Waals surface area contributed by atoms with Crippen molar-refractivity contribution in [1.29, 1.82) is 0 Å². The molecular weight excluding hydrogens is 364 g/mol. The number of hydrogen-bond donors (Lipinski definition) is 1. The van der Waals surface area contributed by atoms with Gasteiger partial charge >= 0.3 is 6.03 Å². The first-order valence-corrected chi connectivity index (χ1v) is 10.4. The number of ether oxygens (including phenoxy) is 1. The van der Waals surface area contributed by atoms with Crippen molar-refractivity contribution in [2.75, 3.05) is 67.6 Å². The van der Waals surface area contributed by atoms with Gasteiger partial charge in [0, 0.05) is 45.0 Å². The number of amides is 2. The van der Waals surface area contributed by atoms with E-state index in [-0.39, 0.29) is 6.03 Å². The first kappa shape index (κ1) is 19.6. The molecule has 2 aromatic carbocycles. The number of benzene rings is 2. The maximum Gasteiger partial charge on any atom is 0.321 e. The average Bonchev–Trinajstić information content (AvgIpc) is 2.76. The van der Waals surface area contributed by atoms with Crippen LogP contribution in [0.2, 0.25) is 0 Å². The van der Waals surface area contributed by atoms with E-state index in [9.17, 15) is 4.79 Å². The Kier molecular flexibility index (Phi) is 5.90. The standard InChI is InChI=1S/C23H30N4O2/c1-18-7-8-20(19(2)17-18)24-23(28)27-11-9-25(10-12-27)21-5-3-4-6-22(21)26-13-15-29-16-14-26/h3-8,17H,9-16H2,1-2H3,(H,24,28). The molecule has 6 heteroatoms. The Balaban J connectivity index is 1.39. The van der Waals surface area contributed by atoms with Gasteiger partial charge in [-0.15, -0.1) is 0 Å². The van der Waals surface area contributed by atoms with E-state index in [1.54, 1.807) is 0 Å². The Morgan fingerprint density at radius 2 is 1.48 bits per heavy atom. The van der Waals surface area contributed by atoms with Gasteiger partial charge in [-0.2, -0.15) is 0 Å². The summed E-state index contributed by atoms with van der Waals surface area (Å²) in [5, 5.41) is 3.07. The second kappa shape index (κ2) is 8.74. The van der Waals surface area contributed by atoms with Crippen LogP contribution in [0.25, 0.3) is 0 Å². The predicted molar refractivity (Wildman–Crippen MR) is 118 cm³/mol. The molecule has 0 atom stereocenters. The molecule has 1 N–H and O–H groups in total. The van der Waals surface area contributed by atoms with Gasteiger partial charge in [0.25, 0.3) is 0 Å². The highest BCUT2D eigenvalue weighted by Gasteiger charge is 2.24. The lowest BCUT2D eigenvalue weighted by Crippen LogP contribution is -2.50. The van der Waals surface area contributed by atoms with Gasteiger partial charge in [0.1, 0.15) is 0 Å². The van der Waals surface area contributed by atoms with Gasteiger partial charge in [0.15, 0.2) is 0 Å². The molecule has 0 unspecified atom stereocenters. The van der Waals surface area contributed by atoms with Gasteiger partial charge in [0.2, 0.25) is 0 Å². The maximum absolute atomic E-state index is 12.7. The lowest BCUT2D eigenvalue weighted by atomic mass is 10.1. The highest BCUT2D eigenvalue weighted by atomic mass is 16.5. The molecule has 0 aliphatic carbocycles. The molecule has 2 fully saturated rings. The van der Waals surface area contributed by atoms with Crippen molar-refractivity contribution in [3.8, 4) is 0 Å². The lowest BCUT2D eigenvalue weighted by Gasteiger charge is -2.39. The van der Waals surface area contributed by atoms with Gasteiger partial charge in [0.05, 0.1) is 24.6 Å². The van der Waals surface area contributed by atoms with Crippen LogP contribution < -0.4 is 15.1 Å². The summed E-state index contributed by atoms with van der Waals surface area (Å²) in [5.41, 5.74) is 5.71. The lowest BCUT2D eigenvalue weighted by molar-refractivity contribution is 0.122. The van der Waals surface area contributed by atoms with Crippen molar-refractivity contribution >= 4 is 23.1 Å². The van der Waals surface area contributed by atoms with Crippen molar-refractivity contribution < 1.29 is 9.53 Å². The molecule has 0 saturated carbocycles. The molecule has 0 radical (unpaired) electrons. The van der Waals surface area contributed by atoms with Crippen LogP contribution in [0.15, 0.2) is 42.5 Å². The van der Waals surface area contributed by atoms with Crippen LogP contribution >= 0.6 is 0 Å². The summed E-state index contributed by atoms with van der Waals surface area (Å²) in [6.07, 6.45) is 0. The number of carbonyl (C=O) groups is 1. The predicted octanol–water partition coefficient (Wildman–Crippen LogP) is 3.49. The van der Waals surface area contributed by atoms with Crippen molar-refractivity contribution in [1.82, 2.24) is 4.90 Å². The van der Waals surface area contributed by atoms with Gasteiger partial charge in [-0.3, -0.25) is 0 Å². The van der Waals surface area contributed by atoms with Gasteiger partial charge in [-0.25, -0.2) is 4.79 Å². The number of urea groups is 1. The number of anilines is 3. The van der Waals surface area contributed by atoms with E-state index in [1.165, 1.54) is 16.9 Å². The van der Waals surface area contributed by atoms with Crippen molar-refractivity contribution in [3.05, 3.63) is 53.6 Å². The van der Waals surface area contributed by atoms with Crippen LogP contribution in [0.4, 0.5) is 21.9 Å². The molecule has 0 aromatic heterocycles. The summed E-state index contributed by atoms with van der Waals surface area (Å²) in [6.45, 7) is 10.6. The topological polar surface area (TPSA) is 48.1 Å². The molecule has 2 aliphatic rings. The fraction of sp³-hybridized carbons (Fsp3) is 0.435. The summed E-state index contributed by atoms with van der Waals surface area (Å²) < 4.78 is 5.50. The number of carbonyl (C=O) groups excluding carboxylic acids is 1. The minimum absolute atomic E-state index is 0.0157. The highest BCUT2D eigenvalue weighted by Crippen LogP contribution is 2.30. The molecule has 6 nitrogen and oxygen atoms in total. The molecule has 0 spiro atoms. The second-order valence-corrected chi connectivity index (χ2v) is 7.81. The first-order chi connectivity index (χ1) is 14.1. The Labute approximate surface area is 173 Å². The summed E-state index contributed by atoms with van der Waals surface area (Å²) in [5.74, 6) is 0. The number of rotatable bonds is 3. The van der Waals surface area contributed by atoms with Crippen LogP contribution in [-0.2, 0) is 4.74 Å². The van der Waals surface area contributed by atoms with Gasteiger partial charge in [-0.1, -0.05) is 29.8 Å². The fourth-order valence-corrected chi connectivity index (χ4v) is 4.10. The zero-order valence-corrected chi connectivity index (χ0v) is 17.4. The summed E-state index contributed by atoms with van der Waals surface area (Å²) >= 11 is 0. The molecule has 2 amide bonds. The minimum Gasteiger partial charge on any atom is -0.378 e. The van der Waals surface area contributed by atoms with E-state index >= 15 is 0 Å². The number of aryl methyl sites for hydroxylation is 2. The van der Waals surface area contributed by atoms with Gasteiger partial charge < -0.3 is 24.8 Å². The second-order valence-electron chi connectivity index (χ2n) is 7.81. The SMILES string of the molecule is Cc1ccc(NC(=O)N2CCN(c3ccccc3N3CCOCC3)CC2)c(C)c1. The Bertz CT molecular complexity index is 856. The third kappa shape index (κ3) is 4.48. The maximum atomic E-state index is 12.7. The number of piperazine rings is 1. The largest absolute Gasteiger partial charge is 0.378 e. The quantitative estimate of drug-likeness (QED) is 0.866. The molecule has 2 aromatic rings. The monoisotopic (exact) mass is 394 g/mol. The normalized spacial score (nSPS) is 17.4.